The molecule has 8 nitrogen and oxygen atoms in total. The summed E-state index contributed by atoms with van der Waals surface area (Å²) in [6, 6.07) is -0.850. The number of aliphatic hydroxyl groups is 1. The Labute approximate surface area is 216 Å². The minimum atomic E-state index is -1.03. The number of likely N-dealkylation sites (tertiary alicyclic amines) is 1. The molecule has 1 spiro atoms. The van der Waals surface area contributed by atoms with Gasteiger partial charge in [-0.25, -0.2) is 0 Å². The third kappa shape index (κ3) is 4.51. The average Bonchev–Trinajstić information content (AvgIpc) is 3.33. The maximum absolute atomic E-state index is 14.2. The van der Waals surface area contributed by atoms with E-state index < -0.39 is 29.1 Å². The van der Waals surface area contributed by atoms with E-state index >= 15 is 0 Å². The third-order valence-corrected chi connectivity index (χ3v) is 8.63. The quantitative estimate of drug-likeness (QED) is 0.308. The molecule has 3 amide bonds. The molecule has 0 saturated carbocycles. The van der Waals surface area contributed by atoms with Crippen molar-refractivity contribution in [3.8, 4) is 0 Å². The van der Waals surface area contributed by atoms with Gasteiger partial charge in [0.2, 0.25) is 17.7 Å². The molecule has 3 saturated heterocycles. The smallest absolute Gasteiger partial charge is 0.248 e. The van der Waals surface area contributed by atoms with Crippen molar-refractivity contribution >= 4 is 17.7 Å². The predicted octanol–water partition coefficient (Wildman–Crippen LogP) is 2.62. The summed E-state index contributed by atoms with van der Waals surface area (Å²) in [5.41, 5.74) is -1.85. The molecule has 3 rings (SSSR count). The fourth-order valence-electron chi connectivity index (χ4n) is 6.75. The molecular weight excluding hydrogens is 458 g/mol. The topological polar surface area (TPSA) is 90.4 Å². The number of unbranched alkanes of at least 4 members (excludes halogenated alkanes) is 3. The molecule has 0 aliphatic carbocycles. The van der Waals surface area contributed by atoms with Gasteiger partial charge in [0.25, 0.3) is 0 Å². The van der Waals surface area contributed by atoms with Crippen molar-refractivity contribution in [1.29, 1.82) is 0 Å². The van der Waals surface area contributed by atoms with E-state index in [9.17, 15) is 14.4 Å². The van der Waals surface area contributed by atoms with Gasteiger partial charge in [-0.1, -0.05) is 31.9 Å². The lowest BCUT2D eigenvalue weighted by molar-refractivity contribution is -0.155. The number of carbonyl (C=O) groups is 3. The number of rotatable bonds is 13. The molecule has 3 aliphatic rings. The molecule has 8 heteroatoms. The highest BCUT2D eigenvalue weighted by Crippen LogP contribution is 2.65. The zero-order valence-electron chi connectivity index (χ0n) is 22.7. The van der Waals surface area contributed by atoms with Crippen molar-refractivity contribution in [2.24, 2.45) is 17.8 Å². The van der Waals surface area contributed by atoms with Gasteiger partial charge in [0.05, 0.1) is 17.4 Å². The van der Waals surface area contributed by atoms with Crippen LogP contribution in [0.5, 0.6) is 0 Å². The number of hydrogen-bond acceptors (Lipinski definition) is 5. The molecule has 1 N–H and O–H groups in total. The summed E-state index contributed by atoms with van der Waals surface area (Å²) in [6.45, 7) is 16.8. The Hall–Kier alpha value is -2.19. The van der Waals surface area contributed by atoms with Crippen molar-refractivity contribution in [3.63, 3.8) is 0 Å². The monoisotopic (exact) mass is 503 g/mol. The van der Waals surface area contributed by atoms with Crippen LogP contribution >= 0.6 is 0 Å². The van der Waals surface area contributed by atoms with Gasteiger partial charge in [-0.2, -0.15) is 0 Å². The molecule has 6 atom stereocenters. The van der Waals surface area contributed by atoms with Crippen molar-refractivity contribution in [1.82, 2.24) is 14.7 Å². The van der Waals surface area contributed by atoms with E-state index in [1.54, 1.807) is 33.9 Å². The first-order valence-corrected chi connectivity index (χ1v) is 13.4. The van der Waals surface area contributed by atoms with Gasteiger partial charge in [-0.05, 0) is 46.0 Å². The van der Waals surface area contributed by atoms with Crippen LogP contribution in [0, 0.1) is 17.8 Å². The highest BCUT2D eigenvalue weighted by atomic mass is 16.5. The first-order chi connectivity index (χ1) is 17.0. The number of aliphatic hydroxyl groups excluding tert-OH is 1. The lowest BCUT2D eigenvalue weighted by Gasteiger charge is -2.39. The highest BCUT2D eigenvalue weighted by Gasteiger charge is 2.80. The minimum absolute atomic E-state index is 0.0133. The maximum Gasteiger partial charge on any atom is 0.248 e. The predicted molar refractivity (Wildman–Crippen MR) is 139 cm³/mol. The van der Waals surface area contributed by atoms with E-state index in [1.807, 2.05) is 20.8 Å². The van der Waals surface area contributed by atoms with Crippen LogP contribution < -0.4 is 0 Å². The lowest BCUT2D eigenvalue weighted by atomic mass is 9.62. The largest absolute Gasteiger partial charge is 0.396 e. The van der Waals surface area contributed by atoms with E-state index in [-0.39, 0.29) is 36.3 Å². The van der Waals surface area contributed by atoms with Crippen LogP contribution in [0.1, 0.15) is 59.8 Å². The van der Waals surface area contributed by atoms with Crippen molar-refractivity contribution in [2.75, 3.05) is 33.3 Å². The molecule has 202 valence electrons. The zero-order chi connectivity index (χ0) is 26.8. The Bertz CT molecular complexity index is 875. The molecular formula is C28H45N3O5. The fourth-order valence-corrected chi connectivity index (χ4v) is 6.75. The van der Waals surface area contributed by atoms with Crippen LogP contribution in [0.4, 0.5) is 0 Å². The molecule has 2 bridgehead atoms. The first kappa shape index (κ1) is 28.4. The molecule has 3 fully saturated rings. The molecule has 0 aromatic rings. The van der Waals surface area contributed by atoms with Crippen LogP contribution in [-0.4, -0.2) is 94.1 Å². The number of amides is 3. The maximum atomic E-state index is 14.2. The molecule has 36 heavy (non-hydrogen) atoms. The van der Waals surface area contributed by atoms with Crippen LogP contribution in [0.2, 0.25) is 0 Å². The summed E-state index contributed by atoms with van der Waals surface area (Å²) >= 11 is 0. The Kier molecular flexibility index (Phi) is 8.71. The summed E-state index contributed by atoms with van der Waals surface area (Å²) in [6.07, 6.45) is 7.09. The third-order valence-electron chi connectivity index (χ3n) is 8.63. The SMILES string of the molecule is C=CCN(C)C(=O)[C@@H]1[C@H]2C(=O)N(CCCCCCO)C(C(=O)N(CC=C)C(C)C)C23CC(C)[C@@]1(C)O3. The second-order valence-corrected chi connectivity index (χ2v) is 11.3. The minimum Gasteiger partial charge on any atom is -0.396 e. The van der Waals surface area contributed by atoms with E-state index in [2.05, 4.69) is 20.1 Å². The van der Waals surface area contributed by atoms with Crippen LogP contribution in [-0.2, 0) is 19.1 Å². The second-order valence-electron chi connectivity index (χ2n) is 11.3. The van der Waals surface area contributed by atoms with Gasteiger partial charge in [-0.15, -0.1) is 13.2 Å². The summed E-state index contributed by atoms with van der Waals surface area (Å²) in [7, 11) is 1.72. The Morgan fingerprint density at radius 3 is 2.39 bits per heavy atom. The van der Waals surface area contributed by atoms with Crippen molar-refractivity contribution in [3.05, 3.63) is 25.3 Å². The Morgan fingerprint density at radius 1 is 1.17 bits per heavy atom. The van der Waals surface area contributed by atoms with Gasteiger partial charge >= 0.3 is 0 Å². The van der Waals surface area contributed by atoms with Gasteiger partial charge in [0, 0.05) is 39.3 Å². The molecule has 0 aromatic heterocycles. The molecule has 3 aliphatic heterocycles. The summed E-state index contributed by atoms with van der Waals surface area (Å²) in [4.78, 5) is 47.1. The molecule has 3 unspecified atom stereocenters. The number of ether oxygens (including phenoxy) is 1. The van der Waals surface area contributed by atoms with Crippen LogP contribution in [0.15, 0.2) is 25.3 Å². The zero-order valence-corrected chi connectivity index (χ0v) is 22.7. The number of likely N-dealkylation sites (N-methyl/N-ethyl adjacent to an activating group) is 1. The van der Waals surface area contributed by atoms with Crippen molar-refractivity contribution < 1.29 is 24.2 Å². The summed E-state index contributed by atoms with van der Waals surface area (Å²) in [5.74, 6) is -1.76. The highest BCUT2D eigenvalue weighted by molar-refractivity contribution is 5.99. The lowest BCUT2D eigenvalue weighted by Crippen LogP contribution is -2.58. The number of nitrogens with zero attached hydrogens (tertiary/aromatic N) is 3. The standard InChI is InChI=1S/C28H45N3O5/c1-8-14-29(7)24(33)21-22-25(34)31(16-12-10-11-13-17-32)23(26(35)30(15-9-2)19(3)4)28(22)18-20(5)27(21,6)36-28/h8-9,19-23,32H,1-2,10-18H2,3-7H3/t20?,21-,22-,23?,27+,28?/m0/s1. The second kappa shape index (κ2) is 11.1. The Morgan fingerprint density at radius 2 is 1.81 bits per heavy atom. The van der Waals surface area contributed by atoms with Gasteiger partial charge in [-0.3, -0.25) is 14.4 Å². The molecule has 3 heterocycles. The fraction of sp³-hybridized carbons (Fsp3) is 0.750. The molecule has 0 aromatic carbocycles. The van der Waals surface area contributed by atoms with Crippen molar-refractivity contribution in [2.45, 2.75) is 83.1 Å². The first-order valence-electron chi connectivity index (χ1n) is 13.4. The number of hydrogen-bond donors (Lipinski definition) is 1. The van der Waals surface area contributed by atoms with Gasteiger partial charge < -0.3 is 24.5 Å². The Balaban J connectivity index is 2.05. The van der Waals surface area contributed by atoms with E-state index in [1.165, 1.54) is 0 Å². The van der Waals surface area contributed by atoms with Crippen LogP contribution in [0.3, 0.4) is 0 Å². The van der Waals surface area contributed by atoms with Gasteiger partial charge in [0.15, 0.2) is 0 Å². The van der Waals surface area contributed by atoms with E-state index in [4.69, 9.17) is 9.84 Å². The van der Waals surface area contributed by atoms with Gasteiger partial charge in [0.1, 0.15) is 11.6 Å². The normalized spacial score (nSPS) is 32.6. The number of carbonyl (C=O) groups excluding carboxylic acids is 3. The summed E-state index contributed by atoms with van der Waals surface area (Å²) in [5, 5.41) is 9.11. The van der Waals surface area contributed by atoms with E-state index in [0.29, 0.717) is 32.5 Å². The number of fused-ring (bicyclic) bond motifs is 1. The molecule has 0 radical (unpaired) electrons. The van der Waals surface area contributed by atoms with Crippen LogP contribution in [0.25, 0.3) is 0 Å². The van der Waals surface area contributed by atoms with E-state index in [0.717, 1.165) is 19.3 Å². The average molecular weight is 504 g/mol. The summed E-state index contributed by atoms with van der Waals surface area (Å²) < 4.78 is 6.79.